The van der Waals surface area contributed by atoms with Gasteiger partial charge in [-0.1, -0.05) is 25.1 Å². The van der Waals surface area contributed by atoms with Gasteiger partial charge in [-0.3, -0.25) is 10.1 Å². The number of thiocarbonyl (C=S) groups is 1. The number of para-hydroxylation sites is 1. The average Bonchev–Trinajstić information content (AvgIpc) is 3.24. The van der Waals surface area contributed by atoms with Gasteiger partial charge in [0.25, 0.3) is 5.91 Å². The summed E-state index contributed by atoms with van der Waals surface area (Å²) in [4.78, 5) is 16.7. The van der Waals surface area contributed by atoms with Crippen LogP contribution in [0, 0.1) is 12.8 Å². The van der Waals surface area contributed by atoms with Crippen molar-refractivity contribution < 1.29 is 4.79 Å². The van der Waals surface area contributed by atoms with Crippen LogP contribution in [0.25, 0.3) is 15.9 Å². The first kappa shape index (κ1) is 18.2. The molecule has 2 aromatic heterocycles. The van der Waals surface area contributed by atoms with Crippen molar-refractivity contribution in [2.24, 2.45) is 5.92 Å². The molecule has 1 amide bonds. The van der Waals surface area contributed by atoms with E-state index >= 15 is 0 Å². The molecule has 0 unspecified atom stereocenters. The van der Waals surface area contributed by atoms with Gasteiger partial charge in [0.15, 0.2) is 5.11 Å². The second kappa shape index (κ2) is 7.44. The van der Waals surface area contributed by atoms with Crippen molar-refractivity contribution in [3.05, 3.63) is 53.0 Å². The first-order chi connectivity index (χ1) is 13.0. The van der Waals surface area contributed by atoms with Crippen LogP contribution in [0.3, 0.4) is 0 Å². The number of carbonyl (C=O) groups excluding carboxylic acids is 1. The largest absolute Gasteiger partial charge is 0.349 e. The molecular weight excluding hydrogens is 374 g/mol. The number of aromatic nitrogens is 1. The zero-order valence-electron chi connectivity index (χ0n) is 15.6. The van der Waals surface area contributed by atoms with E-state index in [1.54, 1.807) is 0 Å². The van der Waals surface area contributed by atoms with Crippen LogP contribution < -0.4 is 5.32 Å². The summed E-state index contributed by atoms with van der Waals surface area (Å²) in [7, 11) is 0. The van der Waals surface area contributed by atoms with E-state index in [-0.39, 0.29) is 5.91 Å². The molecule has 1 aliphatic rings. The molecule has 1 saturated heterocycles. The molecule has 1 N–H and O–H groups in total. The lowest BCUT2D eigenvalue weighted by molar-refractivity contribution is 0.0976. The Bertz CT molecular complexity index is 982. The van der Waals surface area contributed by atoms with Crippen molar-refractivity contribution in [1.29, 1.82) is 0 Å². The first-order valence-electron chi connectivity index (χ1n) is 9.30. The Balaban J connectivity index is 1.55. The van der Waals surface area contributed by atoms with Gasteiger partial charge in [-0.25, -0.2) is 0 Å². The molecular formula is C21H23N3OS2. The highest BCUT2D eigenvalue weighted by Gasteiger charge is 2.21. The molecule has 3 aromatic rings. The number of hydrogen-bond donors (Lipinski definition) is 1. The third-order valence-electron chi connectivity index (χ3n) is 5.23. The smallest absolute Gasteiger partial charge is 0.267 e. The number of benzene rings is 1. The highest BCUT2D eigenvalue weighted by Crippen LogP contribution is 2.32. The van der Waals surface area contributed by atoms with Crippen LogP contribution in [0.1, 0.15) is 35.0 Å². The highest BCUT2D eigenvalue weighted by atomic mass is 32.1. The summed E-state index contributed by atoms with van der Waals surface area (Å²) in [5, 5.41) is 4.60. The molecule has 3 heterocycles. The summed E-state index contributed by atoms with van der Waals surface area (Å²) < 4.78 is 2.15. The highest BCUT2D eigenvalue weighted by molar-refractivity contribution is 7.80. The lowest BCUT2D eigenvalue weighted by Gasteiger charge is -2.32. The number of likely N-dealkylation sites (tertiary alicyclic amines) is 1. The van der Waals surface area contributed by atoms with E-state index in [9.17, 15) is 4.79 Å². The Labute approximate surface area is 168 Å². The first-order valence-corrected chi connectivity index (χ1v) is 10.5. The molecule has 0 bridgehead atoms. The molecule has 0 saturated carbocycles. The van der Waals surface area contributed by atoms with Crippen molar-refractivity contribution in [1.82, 2.24) is 14.8 Å². The van der Waals surface area contributed by atoms with Crippen molar-refractivity contribution in [2.75, 3.05) is 13.1 Å². The fraction of sp³-hybridized carbons (Fsp3) is 0.333. The Hall–Kier alpha value is -2.18. The normalized spacial score (nSPS) is 15.3. The van der Waals surface area contributed by atoms with E-state index in [1.807, 2.05) is 24.3 Å². The number of rotatable bonds is 2. The third-order valence-corrected chi connectivity index (χ3v) is 6.72. The van der Waals surface area contributed by atoms with Crippen LogP contribution >= 0.6 is 23.6 Å². The molecule has 140 valence electrons. The van der Waals surface area contributed by atoms with Gasteiger partial charge in [0.2, 0.25) is 0 Å². The van der Waals surface area contributed by atoms with Crippen molar-refractivity contribution >= 4 is 44.8 Å². The predicted molar refractivity (Wildman–Crippen MR) is 116 cm³/mol. The van der Waals surface area contributed by atoms with Gasteiger partial charge < -0.3 is 9.47 Å². The van der Waals surface area contributed by atoms with E-state index in [0.29, 0.717) is 9.99 Å². The Morgan fingerprint density at radius 1 is 1.22 bits per heavy atom. The molecule has 27 heavy (non-hydrogen) atoms. The Morgan fingerprint density at radius 2 is 1.93 bits per heavy atom. The second-order valence-electron chi connectivity index (χ2n) is 7.28. The number of carbonyl (C=O) groups is 1. The monoisotopic (exact) mass is 397 g/mol. The molecule has 1 fully saturated rings. The number of thiophene rings is 1. The number of piperidine rings is 1. The molecule has 1 aromatic carbocycles. The summed E-state index contributed by atoms with van der Waals surface area (Å²) >= 11 is 6.98. The fourth-order valence-corrected chi connectivity index (χ4v) is 4.90. The van der Waals surface area contributed by atoms with Crippen LogP contribution in [0.4, 0.5) is 0 Å². The van der Waals surface area contributed by atoms with Crippen molar-refractivity contribution in [3.63, 3.8) is 0 Å². The van der Waals surface area contributed by atoms with E-state index in [1.165, 1.54) is 11.3 Å². The molecule has 6 heteroatoms. The van der Waals surface area contributed by atoms with Gasteiger partial charge in [-0.2, -0.15) is 0 Å². The van der Waals surface area contributed by atoms with E-state index in [4.69, 9.17) is 12.2 Å². The van der Waals surface area contributed by atoms with Crippen molar-refractivity contribution in [3.8, 4) is 5.69 Å². The molecule has 4 nitrogen and oxygen atoms in total. The van der Waals surface area contributed by atoms with Crippen LogP contribution in [0.5, 0.6) is 0 Å². The third kappa shape index (κ3) is 3.64. The number of hydrogen-bond acceptors (Lipinski definition) is 3. The van der Waals surface area contributed by atoms with Crippen LogP contribution in [-0.2, 0) is 0 Å². The molecule has 0 atom stereocenters. The average molecular weight is 398 g/mol. The lowest BCUT2D eigenvalue weighted by atomic mass is 10.00. The number of aryl methyl sites for hydroxylation is 1. The van der Waals surface area contributed by atoms with Gasteiger partial charge in [0.05, 0.1) is 4.88 Å². The molecule has 0 aliphatic carbocycles. The quantitative estimate of drug-likeness (QED) is 0.634. The minimum atomic E-state index is -0.112. The maximum Gasteiger partial charge on any atom is 0.267 e. The zero-order valence-corrected chi connectivity index (χ0v) is 17.2. The second-order valence-corrected chi connectivity index (χ2v) is 8.69. The topological polar surface area (TPSA) is 37.3 Å². The molecule has 1 aliphatic heterocycles. The van der Waals surface area contributed by atoms with Gasteiger partial charge in [-0.05, 0) is 61.7 Å². The van der Waals surface area contributed by atoms with Gasteiger partial charge in [-0.15, -0.1) is 11.3 Å². The summed E-state index contributed by atoms with van der Waals surface area (Å²) in [5.74, 6) is 0.623. The summed E-state index contributed by atoms with van der Waals surface area (Å²) in [6, 6.07) is 12.2. The SMILES string of the molecule is Cc1cn(-c2ccccc2)c2sc(C(=O)NC(=S)N3CCC(C)CC3)cc12. The van der Waals surface area contributed by atoms with Crippen LogP contribution in [-0.4, -0.2) is 33.6 Å². The van der Waals surface area contributed by atoms with E-state index in [0.717, 1.165) is 53.3 Å². The minimum Gasteiger partial charge on any atom is -0.349 e. The van der Waals surface area contributed by atoms with E-state index in [2.05, 4.69) is 47.0 Å². The molecule has 0 radical (unpaired) electrons. The Morgan fingerprint density at radius 3 is 2.63 bits per heavy atom. The summed E-state index contributed by atoms with van der Waals surface area (Å²) in [6.45, 7) is 6.19. The lowest BCUT2D eigenvalue weighted by Crippen LogP contribution is -2.45. The number of nitrogens with zero attached hydrogens (tertiary/aromatic N) is 2. The van der Waals surface area contributed by atoms with Crippen LogP contribution in [0.15, 0.2) is 42.6 Å². The maximum atomic E-state index is 12.8. The summed E-state index contributed by atoms with van der Waals surface area (Å²) in [5.41, 5.74) is 2.26. The van der Waals surface area contributed by atoms with Gasteiger partial charge in [0, 0.05) is 30.4 Å². The number of nitrogens with one attached hydrogen (secondary N) is 1. The van der Waals surface area contributed by atoms with Crippen LogP contribution in [0.2, 0.25) is 0 Å². The van der Waals surface area contributed by atoms with Gasteiger partial charge >= 0.3 is 0 Å². The fourth-order valence-electron chi connectivity index (χ4n) is 3.51. The zero-order chi connectivity index (χ0) is 19.0. The summed E-state index contributed by atoms with van der Waals surface area (Å²) in [6.07, 6.45) is 4.37. The Kier molecular flexibility index (Phi) is 5.02. The number of amides is 1. The van der Waals surface area contributed by atoms with Gasteiger partial charge in [0.1, 0.15) is 4.83 Å². The van der Waals surface area contributed by atoms with Crippen molar-refractivity contribution in [2.45, 2.75) is 26.7 Å². The molecule has 0 spiro atoms. The standard InChI is InChI=1S/C21H23N3OS2/c1-14-8-10-23(11-9-14)21(26)22-19(25)18-12-17-15(2)13-24(20(17)27-18)16-6-4-3-5-7-16/h3-7,12-14H,8-11H2,1-2H3,(H,22,25,26). The number of fused-ring (bicyclic) bond motifs is 1. The minimum absolute atomic E-state index is 0.112. The maximum absolute atomic E-state index is 12.8. The predicted octanol–water partition coefficient (Wildman–Crippen LogP) is 4.75. The van der Waals surface area contributed by atoms with E-state index < -0.39 is 0 Å². The molecule has 4 rings (SSSR count).